The number of methoxy groups -OCH3 is 1. The maximum absolute atomic E-state index is 11.9. The number of nitrogens with zero attached hydrogens (tertiary/aromatic N) is 1. The second kappa shape index (κ2) is 8.45. The number of nitrogens with one attached hydrogen (secondary N) is 1. The Kier molecular flexibility index (Phi) is 7.23. The lowest BCUT2D eigenvalue weighted by molar-refractivity contribution is -0.135. The van der Waals surface area contributed by atoms with E-state index in [-0.39, 0.29) is 5.91 Å². The molecule has 0 aromatic carbocycles. The van der Waals surface area contributed by atoms with Crippen LogP contribution in [0.25, 0.3) is 0 Å². The van der Waals surface area contributed by atoms with Gasteiger partial charge in [0, 0.05) is 39.2 Å². The molecule has 106 valence electrons. The van der Waals surface area contributed by atoms with Gasteiger partial charge in [-0.05, 0) is 5.92 Å². The van der Waals surface area contributed by atoms with Gasteiger partial charge < -0.3 is 19.7 Å². The van der Waals surface area contributed by atoms with Gasteiger partial charge in [0.1, 0.15) is 0 Å². The van der Waals surface area contributed by atoms with Crippen molar-refractivity contribution in [2.45, 2.75) is 26.3 Å². The van der Waals surface area contributed by atoms with E-state index in [1.54, 1.807) is 7.11 Å². The van der Waals surface area contributed by atoms with Crippen molar-refractivity contribution in [3.8, 4) is 0 Å². The first-order chi connectivity index (χ1) is 8.65. The van der Waals surface area contributed by atoms with Gasteiger partial charge in [-0.3, -0.25) is 4.79 Å². The van der Waals surface area contributed by atoms with Gasteiger partial charge in [-0.25, -0.2) is 0 Å². The number of amides is 1. The third kappa shape index (κ3) is 5.33. The summed E-state index contributed by atoms with van der Waals surface area (Å²) in [4.78, 5) is 13.8. The molecule has 0 saturated carbocycles. The van der Waals surface area contributed by atoms with Crippen LogP contribution in [0.2, 0.25) is 0 Å². The van der Waals surface area contributed by atoms with Gasteiger partial charge in [0.05, 0.1) is 19.8 Å². The highest BCUT2D eigenvalue weighted by atomic mass is 16.5. The SMILES string of the molecule is COCC(NCCC(=O)N1CCOCC1)C(C)C. The second-order valence-electron chi connectivity index (χ2n) is 5.00. The molecule has 1 saturated heterocycles. The summed E-state index contributed by atoms with van der Waals surface area (Å²) in [6, 6.07) is 0.312. The molecule has 1 unspecified atom stereocenters. The largest absolute Gasteiger partial charge is 0.383 e. The highest BCUT2D eigenvalue weighted by molar-refractivity contribution is 5.76. The lowest BCUT2D eigenvalue weighted by atomic mass is 10.1. The molecule has 1 N–H and O–H groups in total. The number of hydrogen-bond donors (Lipinski definition) is 1. The van der Waals surface area contributed by atoms with E-state index in [1.165, 1.54) is 0 Å². The van der Waals surface area contributed by atoms with Crippen molar-refractivity contribution in [2.24, 2.45) is 5.92 Å². The van der Waals surface area contributed by atoms with E-state index in [1.807, 2.05) is 4.90 Å². The van der Waals surface area contributed by atoms with Crippen LogP contribution in [0.1, 0.15) is 20.3 Å². The standard InChI is InChI=1S/C13H26N2O3/c1-11(2)12(10-17-3)14-5-4-13(16)15-6-8-18-9-7-15/h11-12,14H,4-10H2,1-3H3. The van der Waals surface area contributed by atoms with Gasteiger partial charge in [0.15, 0.2) is 0 Å². The van der Waals surface area contributed by atoms with Crippen molar-refractivity contribution in [1.82, 2.24) is 10.2 Å². The minimum atomic E-state index is 0.214. The molecule has 5 nitrogen and oxygen atoms in total. The van der Waals surface area contributed by atoms with Crippen LogP contribution in [0, 0.1) is 5.92 Å². The number of hydrogen-bond acceptors (Lipinski definition) is 4. The molecule has 18 heavy (non-hydrogen) atoms. The number of morpholine rings is 1. The quantitative estimate of drug-likeness (QED) is 0.722. The third-order valence-electron chi connectivity index (χ3n) is 3.26. The first-order valence-corrected chi connectivity index (χ1v) is 6.73. The fraction of sp³-hybridized carbons (Fsp3) is 0.923. The fourth-order valence-corrected chi connectivity index (χ4v) is 2.00. The van der Waals surface area contributed by atoms with Crippen molar-refractivity contribution < 1.29 is 14.3 Å². The van der Waals surface area contributed by atoms with Crippen LogP contribution in [0.3, 0.4) is 0 Å². The summed E-state index contributed by atoms with van der Waals surface area (Å²) in [6.45, 7) is 8.48. The Balaban J connectivity index is 2.20. The Morgan fingerprint density at radius 2 is 2.06 bits per heavy atom. The fourth-order valence-electron chi connectivity index (χ4n) is 2.00. The van der Waals surface area contributed by atoms with Crippen LogP contribution < -0.4 is 5.32 Å². The lowest BCUT2D eigenvalue weighted by Crippen LogP contribution is -2.43. The maximum Gasteiger partial charge on any atom is 0.224 e. The first-order valence-electron chi connectivity index (χ1n) is 6.73. The average Bonchev–Trinajstić information content (AvgIpc) is 2.38. The third-order valence-corrected chi connectivity index (χ3v) is 3.26. The summed E-state index contributed by atoms with van der Waals surface area (Å²) in [6.07, 6.45) is 0.549. The first kappa shape index (κ1) is 15.4. The molecular weight excluding hydrogens is 232 g/mol. The Morgan fingerprint density at radius 1 is 1.39 bits per heavy atom. The van der Waals surface area contributed by atoms with Gasteiger partial charge in [0.25, 0.3) is 0 Å². The van der Waals surface area contributed by atoms with Crippen molar-refractivity contribution in [3.63, 3.8) is 0 Å². The monoisotopic (exact) mass is 258 g/mol. The summed E-state index contributed by atoms with van der Waals surface area (Å²) in [5, 5.41) is 3.39. The zero-order valence-corrected chi connectivity index (χ0v) is 11.8. The van der Waals surface area contributed by atoms with E-state index >= 15 is 0 Å². The van der Waals surface area contributed by atoms with Crippen LogP contribution in [0.4, 0.5) is 0 Å². The molecule has 0 aromatic heterocycles. The van der Waals surface area contributed by atoms with Crippen LogP contribution in [-0.4, -0.2) is 63.4 Å². The summed E-state index contributed by atoms with van der Waals surface area (Å²) in [5.41, 5.74) is 0. The van der Waals surface area contributed by atoms with Crippen LogP contribution in [-0.2, 0) is 14.3 Å². The molecule has 1 aliphatic rings. The Hall–Kier alpha value is -0.650. The van der Waals surface area contributed by atoms with Crippen LogP contribution in [0.15, 0.2) is 0 Å². The molecule has 0 bridgehead atoms. The molecule has 1 rings (SSSR count). The van der Waals surface area contributed by atoms with Gasteiger partial charge >= 0.3 is 0 Å². The molecule has 1 amide bonds. The zero-order chi connectivity index (χ0) is 13.4. The van der Waals surface area contributed by atoms with E-state index in [0.717, 1.165) is 13.1 Å². The van der Waals surface area contributed by atoms with Crippen molar-refractivity contribution in [1.29, 1.82) is 0 Å². The molecule has 0 spiro atoms. The molecular formula is C13H26N2O3. The summed E-state index contributed by atoms with van der Waals surface area (Å²) < 4.78 is 10.4. The Bertz CT molecular complexity index is 240. The minimum Gasteiger partial charge on any atom is -0.383 e. The molecule has 1 atom stereocenters. The van der Waals surface area contributed by atoms with E-state index in [2.05, 4.69) is 19.2 Å². The average molecular weight is 258 g/mol. The lowest BCUT2D eigenvalue weighted by Gasteiger charge is -2.27. The number of ether oxygens (including phenoxy) is 2. The molecule has 0 aliphatic carbocycles. The highest BCUT2D eigenvalue weighted by Crippen LogP contribution is 2.03. The predicted octanol–water partition coefficient (Wildman–Crippen LogP) is 0.496. The summed E-state index contributed by atoms with van der Waals surface area (Å²) >= 11 is 0. The second-order valence-corrected chi connectivity index (χ2v) is 5.00. The highest BCUT2D eigenvalue weighted by Gasteiger charge is 2.17. The van der Waals surface area contributed by atoms with Crippen molar-refractivity contribution in [2.75, 3.05) is 46.6 Å². The molecule has 1 heterocycles. The smallest absolute Gasteiger partial charge is 0.224 e. The predicted molar refractivity (Wildman–Crippen MR) is 70.5 cm³/mol. The van der Waals surface area contributed by atoms with Gasteiger partial charge in [-0.1, -0.05) is 13.8 Å². The van der Waals surface area contributed by atoms with E-state index in [0.29, 0.717) is 44.7 Å². The van der Waals surface area contributed by atoms with Crippen molar-refractivity contribution >= 4 is 5.91 Å². The normalized spacial score (nSPS) is 18.1. The van der Waals surface area contributed by atoms with Crippen LogP contribution >= 0.6 is 0 Å². The van der Waals surface area contributed by atoms with Gasteiger partial charge in [-0.2, -0.15) is 0 Å². The van der Waals surface area contributed by atoms with Gasteiger partial charge in [0.2, 0.25) is 5.91 Å². The number of carbonyl (C=O) groups is 1. The van der Waals surface area contributed by atoms with E-state index in [4.69, 9.17) is 9.47 Å². The minimum absolute atomic E-state index is 0.214. The maximum atomic E-state index is 11.9. The van der Waals surface area contributed by atoms with Crippen molar-refractivity contribution in [3.05, 3.63) is 0 Å². The molecule has 0 radical (unpaired) electrons. The Morgan fingerprint density at radius 3 is 2.61 bits per heavy atom. The zero-order valence-electron chi connectivity index (χ0n) is 11.8. The molecule has 1 fully saturated rings. The van der Waals surface area contributed by atoms with Gasteiger partial charge in [-0.15, -0.1) is 0 Å². The molecule has 5 heteroatoms. The molecule has 0 aromatic rings. The summed E-state index contributed by atoms with van der Waals surface area (Å²) in [5.74, 6) is 0.717. The number of rotatable bonds is 7. The summed E-state index contributed by atoms with van der Waals surface area (Å²) in [7, 11) is 1.70. The van der Waals surface area contributed by atoms with Crippen LogP contribution in [0.5, 0.6) is 0 Å². The topological polar surface area (TPSA) is 50.8 Å². The Labute approximate surface area is 110 Å². The van der Waals surface area contributed by atoms with E-state index in [9.17, 15) is 4.79 Å². The molecule has 1 aliphatic heterocycles. The van der Waals surface area contributed by atoms with E-state index < -0.39 is 0 Å². The number of carbonyl (C=O) groups excluding carboxylic acids is 1.